The molecule has 0 bridgehead atoms. The maximum atomic E-state index is 12.6. The van der Waals surface area contributed by atoms with E-state index in [1.807, 2.05) is 0 Å². The van der Waals surface area contributed by atoms with Gasteiger partial charge in [-0.15, -0.1) is 0 Å². The second kappa shape index (κ2) is 5.94. The van der Waals surface area contributed by atoms with Crippen LogP contribution < -0.4 is 4.74 Å². The van der Waals surface area contributed by atoms with Crippen molar-refractivity contribution < 1.29 is 13.9 Å². The van der Waals surface area contributed by atoms with Gasteiger partial charge >= 0.3 is 5.97 Å². The van der Waals surface area contributed by atoms with Gasteiger partial charge in [-0.05, 0) is 43.7 Å². The third-order valence-corrected chi connectivity index (χ3v) is 3.68. The first-order chi connectivity index (χ1) is 8.69. The standard InChI is InChI=1S/C14H18FNO2/c1-2-10-3-5-11(6-4-10)14(17)18-12-7-8-13(15)16-9-12/h7-11H,2-6H2,1H3/t10-,11-. The first-order valence-electron chi connectivity index (χ1n) is 6.52. The Morgan fingerprint density at radius 3 is 2.67 bits per heavy atom. The topological polar surface area (TPSA) is 39.2 Å². The van der Waals surface area contributed by atoms with E-state index in [0.717, 1.165) is 31.6 Å². The zero-order valence-corrected chi connectivity index (χ0v) is 10.6. The summed E-state index contributed by atoms with van der Waals surface area (Å²) in [7, 11) is 0. The van der Waals surface area contributed by atoms with E-state index >= 15 is 0 Å². The molecule has 3 nitrogen and oxygen atoms in total. The molecule has 0 N–H and O–H groups in total. The minimum Gasteiger partial charge on any atom is -0.425 e. The lowest BCUT2D eigenvalue weighted by Gasteiger charge is -2.26. The van der Waals surface area contributed by atoms with E-state index in [1.165, 1.54) is 24.8 Å². The lowest BCUT2D eigenvalue weighted by Crippen LogP contribution is -2.25. The van der Waals surface area contributed by atoms with Crippen LogP contribution in [0, 0.1) is 17.8 Å². The summed E-state index contributed by atoms with van der Waals surface area (Å²) in [6, 6.07) is 2.62. The van der Waals surface area contributed by atoms with Gasteiger partial charge in [-0.2, -0.15) is 4.39 Å². The molecule has 1 aromatic heterocycles. The molecule has 0 saturated heterocycles. The minimum absolute atomic E-state index is 0.0159. The molecular weight excluding hydrogens is 233 g/mol. The van der Waals surface area contributed by atoms with Crippen molar-refractivity contribution in [3.05, 3.63) is 24.3 Å². The molecule has 1 aliphatic carbocycles. The minimum atomic E-state index is -0.571. The van der Waals surface area contributed by atoms with Gasteiger partial charge in [0.05, 0.1) is 12.1 Å². The normalized spacial score (nSPS) is 23.7. The summed E-state index contributed by atoms with van der Waals surface area (Å²) in [5.41, 5.74) is 0. The van der Waals surface area contributed by atoms with Crippen molar-refractivity contribution in [3.8, 4) is 5.75 Å². The molecule has 0 amide bonds. The second-order valence-corrected chi connectivity index (χ2v) is 4.86. The van der Waals surface area contributed by atoms with Crippen LogP contribution in [0.15, 0.2) is 18.3 Å². The summed E-state index contributed by atoms with van der Waals surface area (Å²) in [4.78, 5) is 15.4. The van der Waals surface area contributed by atoms with E-state index < -0.39 is 5.95 Å². The van der Waals surface area contributed by atoms with Crippen molar-refractivity contribution in [2.45, 2.75) is 39.0 Å². The zero-order valence-electron chi connectivity index (χ0n) is 10.6. The van der Waals surface area contributed by atoms with Crippen LogP contribution in [0.1, 0.15) is 39.0 Å². The maximum Gasteiger partial charge on any atom is 0.314 e. The number of hydrogen-bond acceptors (Lipinski definition) is 3. The fourth-order valence-corrected chi connectivity index (χ4v) is 2.43. The summed E-state index contributed by atoms with van der Waals surface area (Å²) in [6.07, 6.45) is 6.41. The fourth-order valence-electron chi connectivity index (χ4n) is 2.43. The number of halogens is 1. The Hall–Kier alpha value is -1.45. The molecule has 0 aliphatic heterocycles. The van der Waals surface area contributed by atoms with E-state index in [1.54, 1.807) is 0 Å². The molecule has 1 aromatic rings. The molecule has 0 aromatic carbocycles. The van der Waals surface area contributed by atoms with Gasteiger partial charge in [0, 0.05) is 0 Å². The zero-order chi connectivity index (χ0) is 13.0. The molecule has 0 spiro atoms. The van der Waals surface area contributed by atoms with Crippen LogP contribution in [0.25, 0.3) is 0 Å². The van der Waals surface area contributed by atoms with Crippen molar-refractivity contribution in [2.24, 2.45) is 11.8 Å². The smallest absolute Gasteiger partial charge is 0.314 e. The van der Waals surface area contributed by atoms with E-state index in [9.17, 15) is 9.18 Å². The Balaban J connectivity index is 1.87. The molecule has 0 radical (unpaired) electrons. The predicted molar refractivity (Wildman–Crippen MR) is 65.6 cm³/mol. The largest absolute Gasteiger partial charge is 0.425 e. The Labute approximate surface area is 106 Å². The van der Waals surface area contributed by atoms with Gasteiger partial charge in [0.15, 0.2) is 0 Å². The Morgan fingerprint density at radius 1 is 1.39 bits per heavy atom. The summed E-state index contributed by atoms with van der Waals surface area (Å²) < 4.78 is 17.8. The average Bonchev–Trinajstić information content (AvgIpc) is 2.41. The van der Waals surface area contributed by atoms with Gasteiger partial charge in [-0.1, -0.05) is 13.3 Å². The highest BCUT2D eigenvalue weighted by molar-refractivity contribution is 5.75. The molecule has 1 aliphatic rings. The molecule has 0 atom stereocenters. The number of carbonyl (C=O) groups excluding carboxylic acids is 1. The lowest BCUT2D eigenvalue weighted by atomic mass is 9.81. The monoisotopic (exact) mass is 251 g/mol. The van der Waals surface area contributed by atoms with Crippen molar-refractivity contribution in [3.63, 3.8) is 0 Å². The third kappa shape index (κ3) is 3.28. The van der Waals surface area contributed by atoms with Gasteiger partial charge in [-0.3, -0.25) is 4.79 Å². The van der Waals surface area contributed by atoms with Crippen LogP contribution in [-0.2, 0) is 4.79 Å². The van der Waals surface area contributed by atoms with Gasteiger partial charge in [0.25, 0.3) is 0 Å². The van der Waals surface area contributed by atoms with Gasteiger partial charge < -0.3 is 4.74 Å². The van der Waals surface area contributed by atoms with E-state index in [4.69, 9.17) is 4.74 Å². The van der Waals surface area contributed by atoms with Gasteiger partial charge in [-0.25, -0.2) is 4.98 Å². The molecule has 0 unspecified atom stereocenters. The number of ether oxygens (including phenoxy) is 1. The van der Waals surface area contributed by atoms with Crippen LogP contribution in [-0.4, -0.2) is 11.0 Å². The Kier molecular flexibility index (Phi) is 4.28. The summed E-state index contributed by atoms with van der Waals surface area (Å²) in [6.45, 7) is 2.19. The van der Waals surface area contributed by atoms with E-state index in [2.05, 4.69) is 11.9 Å². The van der Waals surface area contributed by atoms with Crippen molar-refractivity contribution in [1.29, 1.82) is 0 Å². The predicted octanol–water partition coefficient (Wildman–Crippen LogP) is 3.34. The molecule has 18 heavy (non-hydrogen) atoms. The number of hydrogen-bond donors (Lipinski definition) is 0. The fraction of sp³-hybridized carbons (Fsp3) is 0.571. The second-order valence-electron chi connectivity index (χ2n) is 4.86. The number of aromatic nitrogens is 1. The van der Waals surface area contributed by atoms with Crippen LogP contribution in [0.3, 0.4) is 0 Å². The molecule has 1 heterocycles. The molecule has 4 heteroatoms. The van der Waals surface area contributed by atoms with Gasteiger partial charge in [0.1, 0.15) is 5.75 Å². The first-order valence-corrected chi connectivity index (χ1v) is 6.52. The Bertz CT molecular complexity index is 397. The number of esters is 1. The molecule has 1 saturated carbocycles. The summed E-state index contributed by atoms with van der Waals surface area (Å²) in [5, 5.41) is 0. The number of pyridine rings is 1. The van der Waals surface area contributed by atoms with Crippen molar-refractivity contribution in [1.82, 2.24) is 4.98 Å². The highest BCUT2D eigenvalue weighted by Gasteiger charge is 2.26. The molecule has 1 fully saturated rings. The van der Waals surface area contributed by atoms with Crippen molar-refractivity contribution >= 4 is 5.97 Å². The SMILES string of the molecule is CC[C@H]1CC[C@H](C(=O)Oc2ccc(F)nc2)CC1. The van der Waals surface area contributed by atoms with Crippen molar-refractivity contribution in [2.75, 3.05) is 0 Å². The quantitative estimate of drug-likeness (QED) is 0.611. The van der Waals surface area contributed by atoms with Crippen LogP contribution in [0.2, 0.25) is 0 Å². The third-order valence-electron chi connectivity index (χ3n) is 3.68. The highest BCUT2D eigenvalue weighted by atomic mass is 19.1. The Morgan fingerprint density at radius 2 is 2.11 bits per heavy atom. The molecule has 98 valence electrons. The van der Waals surface area contributed by atoms with E-state index in [0.29, 0.717) is 5.75 Å². The summed E-state index contributed by atoms with van der Waals surface area (Å²) in [5.74, 6) is 0.273. The number of rotatable bonds is 3. The summed E-state index contributed by atoms with van der Waals surface area (Å²) >= 11 is 0. The molecule has 2 rings (SSSR count). The van der Waals surface area contributed by atoms with E-state index in [-0.39, 0.29) is 11.9 Å². The van der Waals surface area contributed by atoms with Gasteiger partial charge in [0.2, 0.25) is 5.95 Å². The highest BCUT2D eigenvalue weighted by Crippen LogP contribution is 2.31. The number of nitrogens with zero attached hydrogens (tertiary/aromatic N) is 1. The van der Waals surface area contributed by atoms with Crippen LogP contribution in [0.4, 0.5) is 4.39 Å². The average molecular weight is 251 g/mol. The van der Waals surface area contributed by atoms with Crippen LogP contribution >= 0.6 is 0 Å². The number of carbonyl (C=O) groups is 1. The lowest BCUT2D eigenvalue weighted by molar-refractivity contribution is -0.140. The molecular formula is C14H18FNO2. The van der Waals surface area contributed by atoms with Crippen LogP contribution in [0.5, 0.6) is 5.75 Å². The first kappa shape index (κ1) is 13.0. The maximum absolute atomic E-state index is 12.6.